The number of H-pyrrole nitrogens is 1. The van der Waals surface area contributed by atoms with Crippen molar-refractivity contribution in [2.75, 3.05) is 16.8 Å². The van der Waals surface area contributed by atoms with Crippen molar-refractivity contribution in [3.05, 3.63) is 64.4 Å². The molecule has 0 saturated heterocycles. The van der Waals surface area contributed by atoms with Crippen LogP contribution < -0.4 is 11.1 Å². The van der Waals surface area contributed by atoms with Crippen LogP contribution in [0.4, 0.5) is 5.82 Å². The van der Waals surface area contributed by atoms with Gasteiger partial charge in [-0.1, -0.05) is 46.6 Å². The summed E-state index contributed by atoms with van der Waals surface area (Å²) in [7, 11) is 0. The maximum Gasteiger partial charge on any atom is 0.224 e. The number of aromatic nitrogens is 1. The molecule has 5 nitrogen and oxygen atoms in total. The Balaban J connectivity index is 2.39. The third kappa shape index (κ3) is 15.5. The molecule has 200 valence electrons. The second kappa shape index (κ2) is 17.9. The lowest BCUT2D eigenvalue weighted by Crippen LogP contribution is -2.35. The minimum atomic E-state index is -0.593. The quantitative estimate of drug-likeness (QED) is 0.108. The van der Waals surface area contributed by atoms with E-state index in [1.54, 1.807) is 11.8 Å². The van der Waals surface area contributed by atoms with Crippen LogP contribution in [0.25, 0.3) is 0 Å². The topological polar surface area (TPSA) is 88.0 Å². The highest BCUT2D eigenvalue weighted by molar-refractivity contribution is 7.99. The summed E-state index contributed by atoms with van der Waals surface area (Å²) < 4.78 is 0. The molecule has 0 aliphatic heterocycles. The van der Waals surface area contributed by atoms with Gasteiger partial charge in [0.2, 0.25) is 5.91 Å². The number of thioether (sulfide) groups is 1. The van der Waals surface area contributed by atoms with Gasteiger partial charge in [0, 0.05) is 17.7 Å². The Hall–Kier alpha value is -2.47. The van der Waals surface area contributed by atoms with Crippen molar-refractivity contribution < 1.29 is 9.59 Å². The molecule has 1 unspecified atom stereocenters. The third-order valence-electron chi connectivity index (χ3n) is 5.88. The van der Waals surface area contributed by atoms with Gasteiger partial charge in [0.15, 0.2) is 5.78 Å². The van der Waals surface area contributed by atoms with Crippen LogP contribution in [0.1, 0.15) is 85.1 Å². The fraction of sp³-hybridized carbons (Fsp3) is 0.533. The first kappa shape index (κ1) is 31.6. The molecule has 1 aromatic rings. The summed E-state index contributed by atoms with van der Waals surface area (Å²) in [6.45, 7) is 12.9. The van der Waals surface area contributed by atoms with Gasteiger partial charge in [-0.2, -0.15) is 11.8 Å². The zero-order valence-electron chi connectivity index (χ0n) is 23.2. The average molecular weight is 514 g/mol. The first-order valence-corrected chi connectivity index (χ1v) is 14.1. The summed E-state index contributed by atoms with van der Waals surface area (Å²) in [6, 6.07) is 1.49. The highest BCUT2D eigenvalue weighted by Crippen LogP contribution is 2.16. The number of hydrogen-bond donors (Lipinski definition) is 3. The van der Waals surface area contributed by atoms with Crippen LogP contribution in [0.2, 0.25) is 0 Å². The zero-order chi connectivity index (χ0) is 26.9. The minimum absolute atomic E-state index is 0.179. The van der Waals surface area contributed by atoms with Crippen molar-refractivity contribution in [2.45, 2.75) is 92.5 Å². The molecule has 0 aromatic carbocycles. The van der Waals surface area contributed by atoms with Crippen molar-refractivity contribution in [1.29, 1.82) is 0 Å². The summed E-state index contributed by atoms with van der Waals surface area (Å²) in [5.41, 5.74) is 12.0. The fourth-order valence-electron chi connectivity index (χ4n) is 3.66. The second-order valence-electron chi connectivity index (χ2n) is 9.98. The van der Waals surface area contributed by atoms with Crippen LogP contribution >= 0.6 is 11.8 Å². The van der Waals surface area contributed by atoms with Gasteiger partial charge in [-0.25, -0.2) is 0 Å². The van der Waals surface area contributed by atoms with Crippen molar-refractivity contribution >= 4 is 29.3 Å². The predicted molar refractivity (Wildman–Crippen MR) is 157 cm³/mol. The lowest BCUT2D eigenvalue weighted by molar-refractivity contribution is -0.126. The standard InChI is InChI=1S/C30H47N3O2S/c1-22(2)10-7-11-23(3)12-8-13-24(4)14-9-15-25(5)16-17-36-21-27(28(34)19-29(31)35)33-30-18-26(6)20-32-30/h10,12,14,16,18,20,27,32-33H,7-9,11,13,15,17,19,21H2,1-6H3,(H2,31,35). The van der Waals surface area contributed by atoms with Gasteiger partial charge in [-0.15, -0.1) is 0 Å². The van der Waals surface area contributed by atoms with Gasteiger partial charge < -0.3 is 16.0 Å². The lowest BCUT2D eigenvalue weighted by atomic mass is 10.0. The maximum absolute atomic E-state index is 12.5. The van der Waals surface area contributed by atoms with E-state index in [1.165, 1.54) is 22.3 Å². The number of rotatable bonds is 18. The number of carbonyl (C=O) groups is 2. The Morgan fingerprint density at radius 1 is 0.944 bits per heavy atom. The van der Waals surface area contributed by atoms with E-state index in [0.717, 1.165) is 55.7 Å². The number of primary amides is 1. The van der Waals surface area contributed by atoms with Crippen molar-refractivity contribution in [1.82, 2.24) is 4.98 Å². The number of ketones is 1. The number of anilines is 1. The van der Waals surface area contributed by atoms with Crippen LogP contribution in [0.5, 0.6) is 0 Å². The highest BCUT2D eigenvalue weighted by Gasteiger charge is 2.20. The molecule has 1 rings (SSSR count). The molecule has 0 spiro atoms. The Morgan fingerprint density at radius 3 is 2.00 bits per heavy atom. The fourth-order valence-corrected chi connectivity index (χ4v) is 4.70. The van der Waals surface area contributed by atoms with Crippen molar-refractivity contribution in [2.24, 2.45) is 5.73 Å². The molecular weight excluding hydrogens is 466 g/mol. The first-order chi connectivity index (χ1) is 17.1. The summed E-state index contributed by atoms with van der Waals surface area (Å²) in [6.07, 6.45) is 17.5. The average Bonchev–Trinajstić information content (AvgIpc) is 3.19. The minimum Gasteiger partial charge on any atom is -0.369 e. The Labute approximate surface area is 223 Å². The van der Waals surface area contributed by atoms with Gasteiger partial charge in [0.1, 0.15) is 5.82 Å². The molecule has 4 N–H and O–H groups in total. The number of aryl methyl sites for hydroxylation is 1. The number of allylic oxidation sites excluding steroid dienone is 7. The van der Waals surface area contributed by atoms with Crippen LogP contribution in [-0.2, 0) is 9.59 Å². The van der Waals surface area contributed by atoms with E-state index in [9.17, 15) is 9.59 Å². The number of nitrogens with one attached hydrogen (secondary N) is 2. The number of nitrogens with two attached hydrogens (primary N) is 1. The molecule has 1 heterocycles. The van der Waals surface area contributed by atoms with E-state index >= 15 is 0 Å². The molecule has 0 aliphatic carbocycles. The number of carbonyl (C=O) groups excluding carboxylic acids is 2. The smallest absolute Gasteiger partial charge is 0.224 e. The monoisotopic (exact) mass is 513 g/mol. The summed E-state index contributed by atoms with van der Waals surface area (Å²) in [4.78, 5) is 26.8. The molecule has 0 saturated carbocycles. The summed E-state index contributed by atoms with van der Waals surface area (Å²) in [5.74, 6) is 1.41. The molecule has 36 heavy (non-hydrogen) atoms. The molecular formula is C30H47N3O2S. The maximum atomic E-state index is 12.5. The van der Waals surface area contributed by atoms with Gasteiger partial charge >= 0.3 is 0 Å². The van der Waals surface area contributed by atoms with E-state index < -0.39 is 11.9 Å². The first-order valence-electron chi connectivity index (χ1n) is 13.0. The second-order valence-corrected chi connectivity index (χ2v) is 11.1. The van der Waals surface area contributed by atoms with Gasteiger partial charge in [0.25, 0.3) is 0 Å². The molecule has 0 aliphatic rings. The molecule has 1 amide bonds. The largest absolute Gasteiger partial charge is 0.369 e. The van der Waals surface area contributed by atoms with Crippen molar-refractivity contribution in [3.63, 3.8) is 0 Å². The molecule has 1 aromatic heterocycles. The number of aromatic amines is 1. The predicted octanol–water partition coefficient (Wildman–Crippen LogP) is 7.43. The van der Waals surface area contributed by atoms with Crippen molar-refractivity contribution in [3.8, 4) is 0 Å². The van der Waals surface area contributed by atoms with Crippen LogP contribution in [-0.4, -0.2) is 34.2 Å². The van der Waals surface area contributed by atoms with E-state index in [2.05, 4.69) is 69.2 Å². The summed E-state index contributed by atoms with van der Waals surface area (Å²) >= 11 is 1.68. The van der Waals surface area contributed by atoms with E-state index in [-0.39, 0.29) is 12.2 Å². The SMILES string of the molecule is CC(C)=CCCC(C)=CCCC(C)=CCCC(C)=CCSCC(Nc1cc(C)c[nH]1)C(=O)CC(N)=O. The Morgan fingerprint density at radius 2 is 1.50 bits per heavy atom. The van der Waals surface area contributed by atoms with E-state index in [0.29, 0.717) is 5.75 Å². The molecule has 0 radical (unpaired) electrons. The Kier molecular flexibility index (Phi) is 15.7. The molecule has 6 heteroatoms. The van der Waals surface area contributed by atoms with E-state index in [4.69, 9.17) is 5.73 Å². The third-order valence-corrected chi connectivity index (χ3v) is 6.85. The molecule has 0 fully saturated rings. The van der Waals surface area contributed by atoms with Crippen LogP contribution in [0.3, 0.4) is 0 Å². The molecule has 0 bridgehead atoms. The van der Waals surface area contributed by atoms with Gasteiger partial charge in [-0.3, -0.25) is 9.59 Å². The van der Waals surface area contributed by atoms with Gasteiger partial charge in [0.05, 0.1) is 12.5 Å². The highest BCUT2D eigenvalue weighted by atomic mass is 32.2. The molecule has 1 atom stereocenters. The van der Waals surface area contributed by atoms with Crippen LogP contribution in [0, 0.1) is 6.92 Å². The van der Waals surface area contributed by atoms with Crippen LogP contribution in [0.15, 0.2) is 58.9 Å². The normalized spacial score (nSPS) is 13.4. The number of hydrogen-bond acceptors (Lipinski definition) is 4. The Bertz CT molecular complexity index is 949. The lowest BCUT2D eigenvalue weighted by Gasteiger charge is -2.16. The van der Waals surface area contributed by atoms with E-state index in [1.807, 2.05) is 19.2 Å². The number of amides is 1. The number of Topliss-reactive ketones (excluding diaryl/α,β-unsaturated/α-hetero) is 1. The zero-order valence-corrected chi connectivity index (χ0v) is 24.0. The summed E-state index contributed by atoms with van der Waals surface area (Å²) in [5, 5.41) is 3.21. The van der Waals surface area contributed by atoms with Gasteiger partial charge in [-0.05, 0) is 91.7 Å².